The van der Waals surface area contributed by atoms with Crippen molar-refractivity contribution in [1.29, 1.82) is 0 Å². The Bertz CT molecular complexity index is 1510. The lowest BCUT2D eigenvalue weighted by molar-refractivity contribution is 0.0970. The lowest BCUT2D eigenvalue weighted by atomic mass is 9.97. The van der Waals surface area contributed by atoms with Gasteiger partial charge in [-0.2, -0.15) is 0 Å². The minimum absolute atomic E-state index is 0.0605. The molecule has 1 atom stereocenters. The maximum absolute atomic E-state index is 13.9. The number of amides is 1. The van der Waals surface area contributed by atoms with Crippen molar-refractivity contribution in [2.24, 2.45) is 0 Å². The van der Waals surface area contributed by atoms with Crippen LogP contribution in [0.2, 0.25) is 0 Å². The minimum atomic E-state index is -0.688. The van der Waals surface area contributed by atoms with Gasteiger partial charge in [0.2, 0.25) is 10.9 Å². The van der Waals surface area contributed by atoms with Gasteiger partial charge < -0.3 is 9.15 Å². The maximum Gasteiger partial charge on any atom is 0.297 e. The van der Waals surface area contributed by atoms with Crippen LogP contribution in [0.25, 0.3) is 11.0 Å². The number of aryl methyl sites for hydroxylation is 3. The number of aromatic nitrogens is 2. The summed E-state index contributed by atoms with van der Waals surface area (Å²) in [4.78, 5) is 29.2. The predicted octanol–water partition coefficient (Wildman–Crippen LogP) is 6.14. The van der Waals surface area contributed by atoms with Crippen LogP contribution in [0.4, 0.5) is 5.13 Å². The van der Waals surface area contributed by atoms with Crippen LogP contribution < -0.4 is 15.1 Å². The molecule has 1 unspecified atom stereocenters. The fourth-order valence-corrected chi connectivity index (χ4v) is 5.47. The first-order valence-electron chi connectivity index (χ1n) is 12.4. The Morgan fingerprint density at radius 3 is 2.64 bits per heavy atom. The van der Waals surface area contributed by atoms with Crippen LogP contribution in [0.3, 0.4) is 0 Å². The lowest BCUT2D eigenvalue weighted by Gasteiger charge is -2.22. The van der Waals surface area contributed by atoms with E-state index in [9.17, 15) is 9.59 Å². The van der Waals surface area contributed by atoms with E-state index in [1.165, 1.54) is 11.3 Å². The molecule has 3 heterocycles. The molecular weight excluding hydrogens is 474 g/mol. The number of hydrogen-bond donors (Lipinski definition) is 0. The summed E-state index contributed by atoms with van der Waals surface area (Å²) in [6.45, 7) is 8.71. The second kappa shape index (κ2) is 9.85. The predicted molar refractivity (Wildman–Crippen MR) is 141 cm³/mol. The Morgan fingerprint density at radius 1 is 1.06 bits per heavy atom. The van der Waals surface area contributed by atoms with Gasteiger partial charge in [-0.1, -0.05) is 43.7 Å². The number of carbonyl (C=O) groups is 1. The van der Waals surface area contributed by atoms with Crippen molar-refractivity contribution in [3.05, 3.63) is 79.6 Å². The SMILES string of the molecule is CCCCOc1cccc(C2c3c(oc4cc(C)c(C)cc4c3=O)C(=O)N2c2nnc(CCC)s2)c1. The molecular formula is C28H29N3O4S. The molecule has 0 bridgehead atoms. The van der Waals surface area contributed by atoms with Crippen molar-refractivity contribution in [2.45, 2.75) is 59.4 Å². The van der Waals surface area contributed by atoms with Crippen LogP contribution in [-0.2, 0) is 6.42 Å². The highest BCUT2D eigenvalue weighted by atomic mass is 32.1. The zero-order chi connectivity index (χ0) is 25.4. The van der Waals surface area contributed by atoms with Gasteiger partial charge in [0.25, 0.3) is 5.91 Å². The summed E-state index contributed by atoms with van der Waals surface area (Å²) in [5.41, 5.74) is 3.29. The van der Waals surface area contributed by atoms with Crippen molar-refractivity contribution in [2.75, 3.05) is 11.5 Å². The number of hydrogen-bond acceptors (Lipinski definition) is 7. The summed E-state index contributed by atoms with van der Waals surface area (Å²) < 4.78 is 12.1. The van der Waals surface area contributed by atoms with Crippen LogP contribution in [-0.4, -0.2) is 22.7 Å². The van der Waals surface area contributed by atoms with Crippen LogP contribution >= 0.6 is 11.3 Å². The van der Waals surface area contributed by atoms with Gasteiger partial charge in [-0.3, -0.25) is 14.5 Å². The highest BCUT2D eigenvalue weighted by Gasteiger charge is 2.45. The summed E-state index contributed by atoms with van der Waals surface area (Å²) in [5.74, 6) is 0.372. The molecule has 1 amide bonds. The number of benzene rings is 2. The second-order valence-electron chi connectivity index (χ2n) is 9.19. The Balaban J connectivity index is 1.70. The molecule has 0 spiro atoms. The second-order valence-corrected chi connectivity index (χ2v) is 10.2. The molecule has 0 fully saturated rings. The average Bonchev–Trinajstić information content (AvgIpc) is 3.43. The number of carbonyl (C=O) groups excluding carboxylic acids is 1. The van der Waals surface area contributed by atoms with E-state index in [2.05, 4.69) is 24.0 Å². The number of rotatable bonds is 8. The van der Waals surface area contributed by atoms with E-state index < -0.39 is 6.04 Å². The maximum atomic E-state index is 13.9. The van der Waals surface area contributed by atoms with Gasteiger partial charge >= 0.3 is 0 Å². The molecule has 0 aliphatic carbocycles. The first-order chi connectivity index (χ1) is 17.4. The monoisotopic (exact) mass is 503 g/mol. The van der Waals surface area contributed by atoms with E-state index in [0.29, 0.717) is 34.0 Å². The van der Waals surface area contributed by atoms with Crippen LogP contribution in [0, 0.1) is 13.8 Å². The van der Waals surface area contributed by atoms with E-state index in [0.717, 1.165) is 47.4 Å². The van der Waals surface area contributed by atoms with Crippen molar-refractivity contribution in [3.63, 3.8) is 0 Å². The summed E-state index contributed by atoms with van der Waals surface area (Å²) in [6, 6.07) is 10.6. The van der Waals surface area contributed by atoms with Crippen LogP contribution in [0.5, 0.6) is 5.75 Å². The molecule has 7 nitrogen and oxygen atoms in total. The van der Waals surface area contributed by atoms with Gasteiger partial charge in [-0.05, 0) is 67.6 Å². The molecule has 186 valence electrons. The minimum Gasteiger partial charge on any atom is -0.494 e. The fraction of sp³-hybridized carbons (Fsp3) is 0.357. The zero-order valence-corrected chi connectivity index (χ0v) is 21.8. The number of nitrogens with zero attached hydrogens (tertiary/aromatic N) is 3. The molecule has 2 aromatic carbocycles. The van der Waals surface area contributed by atoms with E-state index in [4.69, 9.17) is 9.15 Å². The van der Waals surface area contributed by atoms with E-state index >= 15 is 0 Å². The normalized spacial score (nSPS) is 15.1. The molecule has 0 radical (unpaired) electrons. The Hall–Kier alpha value is -3.52. The van der Waals surface area contributed by atoms with Gasteiger partial charge in [0.15, 0.2) is 5.43 Å². The molecule has 36 heavy (non-hydrogen) atoms. The largest absolute Gasteiger partial charge is 0.494 e. The van der Waals surface area contributed by atoms with Crippen LogP contribution in [0.1, 0.15) is 77.0 Å². The first-order valence-corrected chi connectivity index (χ1v) is 13.2. The van der Waals surface area contributed by atoms with Gasteiger partial charge in [-0.15, -0.1) is 10.2 Å². The number of unbranched alkanes of at least 4 members (excludes halogenated alkanes) is 1. The van der Waals surface area contributed by atoms with E-state index in [-0.39, 0.29) is 17.1 Å². The molecule has 5 rings (SSSR count). The highest BCUT2D eigenvalue weighted by molar-refractivity contribution is 7.15. The summed E-state index contributed by atoms with van der Waals surface area (Å²) in [7, 11) is 0. The van der Waals surface area contributed by atoms with Gasteiger partial charge in [-0.25, -0.2) is 0 Å². The van der Waals surface area contributed by atoms with E-state index in [1.54, 1.807) is 4.90 Å². The first kappa shape index (κ1) is 24.2. The van der Waals surface area contributed by atoms with Gasteiger partial charge in [0.05, 0.1) is 23.6 Å². The molecule has 1 aliphatic rings. The molecule has 4 aromatic rings. The van der Waals surface area contributed by atoms with Crippen molar-refractivity contribution < 1.29 is 13.9 Å². The smallest absolute Gasteiger partial charge is 0.297 e. The molecule has 1 aliphatic heterocycles. The summed E-state index contributed by atoms with van der Waals surface area (Å²) in [5, 5.41) is 10.4. The topological polar surface area (TPSA) is 85.5 Å². The van der Waals surface area contributed by atoms with Gasteiger partial charge in [0.1, 0.15) is 16.3 Å². The number of ether oxygens (including phenoxy) is 1. The molecule has 8 heteroatoms. The number of anilines is 1. The van der Waals surface area contributed by atoms with Crippen molar-refractivity contribution >= 4 is 33.3 Å². The summed E-state index contributed by atoms with van der Waals surface area (Å²) in [6.07, 6.45) is 3.67. The Morgan fingerprint density at radius 2 is 1.86 bits per heavy atom. The molecule has 0 saturated heterocycles. The van der Waals surface area contributed by atoms with Crippen LogP contribution in [0.15, 0.2) is 45.6 Å². The quantitative estimate of drug-likeness (QED) is 0.268. The Labute approximate surface area is 213 Å². The third-order valence-electron chi connectivity index (χ3n) is 6.55. The Kier molecular flexibility index (Phi) is 6.62. The highest BCUT2D eigenvalue weighted by Crippen LogP contribution is 2.43. The molecule has 0 N–H and O–H groups in total. The molecule has 2 aromatic heterocycles. The standard InChI is InChI=1S/C28H29N3O4S/c1-5-7-12-34-19-11-8-10-18(15-19)24-23-25(32)20-13-16(3)17(4)14-21(20)35-26(23)27(33)31(24)28-30-29-22(36-28)9-6-2/h8,10-11,13-15,24H,5-7,9,12H2,1-4H3. The average molecular weight is 504 g/mol. The number of fused-ring (bicyclic) bond motifs is 2. The van der Waals surface area contributed by atoms with E-state index in [1.807, 2.05) is 50.2 Å². The fourth-order valence-electron chi connectivity index (χ4n) is 4.51. The third-order valence-corrected chi connectivity index (χ3v) is 7.54. The summed E-state index contributed by atoms with van der Waals surface area (Å²) >= 11 is 1.37. The van der Waals surface area contributed by atoms with Crippen molar-refractivity contribution in [3.8, 4) is 5.75 Å². The lowest BCUT2D eigenvalue weighted by Crippen LogP contribution is -2.29. The van der Waals surface area contributed by atoms with Crippen molar-refractivity contribution in [1.82, 2.24) is 10.2 Å². The third kappa shape index (κ3) is 4.19. The zero-order valence-electron chi connectivity index (χ0n) is 21.0. The molecule has 0 saturated carbocycles. The van der Waals surface area contributed by atoms with Gasteiger partial charge in [0, 0.05) is 6.42 Å².